The van der Waals surface area contributed by atoms with E-state index in [9.17, 15) is 0 Å². The molecule has 0 aromatic rings. The molecule has 0 saturated heterocycles. The van der Waals surface area contributed by atoms with E-state index in [2.05, 4.69) is 0 Å². The molecular formula is BiCaCuOPbSnSr. The van der Waals surface area contributed by atoms with Crippen molar-refractivity contribution in [3.8, 4) is 0 Å². The summed E-state index contributed by atoms with van der Waals surface area (Å²) in [5, 5.41) is 0. The fraction of sp³-hybridized carbons (Fsp3) is 0. The Balaban J connectivity index is -0.000000000500. The molecule has 0 rings (SSSR count). The van der Waals surface area contributed by atoms with Gasteiger partial charge in [0.25, 0.3) is 0 Å². The first-order valence-electron chi connectivity index (χ1n) is 0.204. The summed E-state index contributed by atoms with van der Waals surface area (Å²) in [7, 11) is 0. The van der Waals surface area contributed by atoms with Crippen molar-refractivity contribution in [1.82, 2.24) is 0 Å². The Bertz CT molecular complexity index is 19.7. The van der Waals surface area contributed by atoms with Crippen molar-refractivity contribution in [2.24, 2.45) is 0 Å². The summed E-state index contributed by atoms with van der Waals surface area (Å²) in [6.07, 6.45) is 0. The summed E-state index contributed by atoms with van der Waals surface area (Å²) >= 11 is 0.300. The van der Waals surface area contributed by atoms with Gasteiger partial charge in [0.15, 0.2) is 0 Å². The summed E-state index contributed by atoms with van der Waals surface area (Å²) in [5.74, 6) is 0. The largest absolute Gasteiger partial charge is 0 e. The van der Waals surface area contributed by atoms with E-state index in [0.29, 0.717) is 22.5 Å². The van der Waals surface area contributed by atoms with E-state index in [1.54, 1.807) is 0 Å². The van der Waals surface area contributed by atoms with Gasteiger partial charge in [0, 0.05) is 154 Å². The van der Waals surface area contributed by atoms with E-state index < -0.39 is 0 Å². The van der Waals surface area contributed by atoms with Gasteiger partial charge in [0.05, 0.1) is 0 Å². The standard InChI is InChI=1S/Bi.Ca.Cu.O.Pb.Sn.Sr. The van der Waals surface area contributed by atoms with Crippen molar-refractivity contribution < 1.29 is 20.1 Å². The maximum atomic E-state index is 8.34. The van der Waals surface area contributed by atoms with Crippen molar-refractivity contribution in [2.75, 3.05) is 0 Å². The predicted molar refractivity (Wildman–Crippen MR) is 29.5 cm³/mol. The third-order valence-electron chi connectivity index (χ3n) is 0. The first-order chi connectivity index (χ1) is 1.00. The molecule has 0 bridgehead atoms. The van der Waals surface area contributed by atoms with Gasteiger partial charge >= 0.3 is 25.6 Å². The average Bonchev–Trinajstić information content (AvgIpc) is 1.00. The second-order valence-corrected chi connectivity index (χ2v) is 0. The molecule has 0 aliphatic heterocycles. The molecule has 0 unspecified atom stereocenters. The van der Waals surface area contributed by atoms with Gasteiger partial charge in [-0.1, -0.05) is 0 Å². The Morgan fingerprint density at radius 1 is 1.14 bits per heavy atom. The van der Waals surface area contributed by atoms with Crippen LogP contribution < -0.4 is 0 Å². The zero-order valence-corrected chi connectivity index (χ0v) is 20.4. The van der Waals surface area contributed by atoms with Crippen LogP contribution in [0.2, 0.25) is 0 Å². The summed E-state index contributed by atoms with van der Waals surface area (Å²) in [5.41, 5.74) is 0. The van der Waals surface area contributed by atoms with Crippen molar-refractivity contribution >= 4 is 159 Å². The van der Waals surface area contributed by atoms with Gasteiger partial charge in [-0.25, -0.2) is 0 Å². The van der Waals surface area contributed by atoms with E-state index in [1.807, 2.05) is 0 Å². The van der Waals surface area contributed by atoms with Crippen LogP contribution in [0.25, 0.3) is 0 Å². The van der Waals surface area contributed by atoms with E-state index in [1.165, 1.54) is 0 Å². The molecule has 0 aromatic heterocycles. The summed E-state index contributed by atoms with van der Waals surface area (Å²) in [6, 6.07) is 0. The third kappa shape index (κ3) is 34.0. The molecular weight excluding hydrogens is 742 g/mol. The molecule has 0 aliphatic rings. The molecule has 0 N–H and O–H groups in total. The van der Waals surface area contributed by atoms with Crippen LogP contribution in [0.5, 0.6) is 0 Å². The molecule has 0 aromatic carbocycles. The molecule has 0 saturated carbocycles. The molecule has 0 spiro atoms. The van der Waals surface area contributed by atoms with E-state index in [-0.39, 0.29) is 154 Å². The molecule has 14 radical (unpaired) electrons. The van der Waals surface area contributed by atoms with Crippen LogP contribution in [0.4, 0.5) is 0 Å². The molecule has 0 atom stereocenters. The first kappa shape index (κ1) is 38.8. The minimum Gasteiger partial charge on any atom is 0 e. The van der Waals surface area contributed by atoms with Crippen LogP contribution in [-0.2, 0) is 20.1 Å². The van der Waals surface area contributed by atoms with Crippen LogP contribution in [0.15, 0.2) is 0 Å². The molecule has 7 heavy (non-hydrogen) atoms. The first-order valence-corrected chi connectivity index (χ1v) is 1.37. The fourth-order valence-corrected chi connectivity index (χ4v) is 0. The zero-order chi connectivity index (χ0) is 2.00. The Kier molecular flexibility index (Phi) is 229. The maximum absolute atomic E-state index is 8.34. The smallest absolute Gasteiger partial charge is 0 e. The minimum atomic E-state index is 0. The van der Waals surface area contributed by atoms with Crippen LogP contribution in [0.3, 0.4) is 0 Å². The van der Waals surface area contributed by atoms with Crippen LogP contribution >= 0.6 is 0 Å². The van der Waals surface area contributed by atoms with Gasteiger partial charge in [0.1, 0.15) is 0 Å². The Hall–Kier alpha value is 5.66. The molecule has 0 amide bonds. The van der Waals surface area contributed by atoms with Crippen LogP contribution in [-0.4, -0.2) is 159 Å². The topological polar surface area (TPSA) is 17.1 Å². The van der Waals surface area contributed by atoms with Crippen LogP contribution in [0, 0.1) is 0 Å². The monoisotopic (exact) mass is 744 g/mol. The third-order valence-corrected chi connectivity index (χ3v) is 0. The van der Waals surface area contributed by atoms with Crippen LogP contribution in [0.1, 0.15) is 0 Å². The van der Waals surface area contributed by atoms with E-state index in [4.69, 9.17) is 3.08 Å². The van der Waals surface area contributed by atoms with E-state index >= 15 is 0 Å². The number of rotatable bonds is 0. The molecule has 34 valence electrons. The van der Waals surface area contributed by atoms with Crippen molar-refractivity contribution in [2.45, 2.75) is 0 Å². The second-order valence-electron chi connectivity index (χ2n) is 0. The zero-order valence-electron chi connectivity index (χ0n) is 3.57. The van der Waals surface area contributed by atoms with Gasteiger partial charge < -0.3 is 0 Å². The molecule has 0 aliphatic carbocycles. The van der Waals surface area contributed by atoms with Crippen molar-refractivity contribution in [3.63, 3.8) is 0 Å². The molecule has 0 heterocycles. The Labute approximate surface area is 174 Å². The van der Waals surface area contributed by atoms with Gasteiger partial charge in [0.2, 0.25) is 0 Å². The second kappa shape index (κ2) is 41.3. The van der Waals surface area contributed by atoms with Gasteiger partial charge in [-0.3, -0.25) is 0 Å². The SMILES string of the molecule is [Bi].[Ca].[Cu].[O]=[Sn].[Pb].[Sr]. The maximum Gasteiger partial charge on any atom is 0 e. The van der Waals surface area contributed by atoms with Gasteiger partial charge in [-0.2, -0.15) is 0 Å². The normalized spacial score (nSPS) is 0.571. The number of hydrogen-bond donors (Lipinski definition) is 0. The van der Waals surface area contributed by atoms with Gasteiger partial charge in [-0.15, -0.1) is 0 Å². The Morgan fingerprint density at radius 3 is 1.14 bits per heavy atom. The molecule has 7 heteroatoms. The minimum absolute atomic E-state index is 0. The Morgan fingerprint density at radius 2 is 1.14 bits per heavy atom. The summed E-state index contributed by atoms with van der Waals surface area (Å²) in [6.45, 7) is 0. The average molecular weight is 742 g/mol. The number of hydrogen-bond acceptors (Lipinski definition) is 1. The van der Waals surface area contributed by atoms with Crippen molar-refractivity contribution in [1.29, 1.82) is 0 Å². The summed E-state index contributed by atoms with van der Waals surface area (Å²) < 4.78 is 8.34. The fourth-order valence-electron chi connectivity index (χ4n) is 0. The molecule has 0 fully saturated rings. The quantitative estimate of drug-likeness (QED) is 0.263. The predicted octanol–water partition coefficient (Wildman–Crippen LogP) is -2.03. The van der Waals surface area contributed by atoms with E-state index in [0.717, 1.165) is 0 Å². The molecule has 1 nitrogen and oxygen atoms in total. The van der Waals surface area contributed by atoms with Crippen molar-refractivity contribution in [3.05, 3.63) is 0 Å². The summed E-state index contributed by atoms with van der Waals surface area (Å²) in [4.78, 5) is 0. The van der Waals surface area contributed by atoms with Gasteiger partial charge in [-0.05, 0) is 0 Å².